The topological polar surface area (TPSA) is 51.5 Å². The van der Waals surface area contributed by atoms with Crippen LogP contribution in [0.3, 0.4) is 0 Å². The summed E-state index contributed by atoms with van der Waals surface area (Å²) in [6.07, 6.45) is 6.29. The van der Waals surface area contributed by atoms with Crippen molar-refractivity contribution in [3.8, 4) is 11.4 Å². The van der Waals surface area contributed by atoms with Crippen molar-refractivity contribution in [3.63, 3.8) is 0 Å². The standard InChI is InChI=1S/C24H26N4O2S/c1-29-18-8-4-7-17(15-18)27-13-5-11-21(27)23-22(20-10-2-3-12-25-20)26-24(31)28(23)16-19-9-6-14-30-19/h2-5,7-8,10-13,15,19,22-23H,6,9,14,16H2,1H3,(H,26,31)/t19-,22-,23-/m0/s1. The summed E-state index contributed by atoms with van der Waals surface area (Å²) in [5.74, 6) is 0.828. The first-order valence-corrected chi connectivity index (χ1v) is 11.1. The second-order valence-corrected chi connectivity index (χ2v) is 8.31. The minimum Gasteiger partial charge on any atom is -0.497 e. The Morgan fingerprint density at radius 2 is 2.13 bits per heavy atom. The molecule has 6 nitrogen and oxygen atoms in total. The minimum absolute atomic E-state index is 0.00667. The molecule has 4 heterocycles. The third kappa shape index (κ3) is 3.91. The molecule has 2 fully saturated rings. The molecule has 5 rings (SSSR count). The Morgan fingerprint density at radius 1 is 1.19 bits per heavy atom. The summed E-state index contributed by atoms with van der Waals surface area (Å²) in [5, 5.41) is 4.28. The summed E-state index contributed by atoms with van der Waals surface area (Å²) >= 11 is 5.80. The number of nitrogens with zero attached hydrogens (tertiary/aromatic N) is 3. The Labute approximate surface area is 187 Å². The summed E-state index contributed by atoms with van der Waals surface area (Å²) in [6, 6.07) is 18.3. The van der Waals surface area contributed by atoms with E-state index in [4.69, 9.17) is 21.7 Å². The van der Waals surface area contributed by atoms with Crippen LogP contribution in [-0.2, 0) is 4.74 Å². The van der Waals surface area contributed by atoms with E-state index in [0.717, 1.165) is 53.9 Å². The highest BCUT2D eigenvalue weighted by atomic mass is 32.1. The largest absolute Gasteiger partial charge is 0.497 e. The number of methoxy groups -OCH3 is 1. The number of ether oxygens (including phenoxy) is 2. The van der Waals surface area contributed by atoms with Gasteiger partial charge in [-0.15, -0.1) is 0 Å². The van der Waals surface area contributed by atoms with Gasteiger partial charge in [0.05, 0.1) is 31.0 Å². The first-order chi connectivity index (χ1) is 15.2. The molecule has 0 radical (unpaired) electrons. The molecule has 31 heavy (non-hydrogen) atoms. The van der Waals surface area contributed by atoms with Crippen molar-refractivity contribution in [3.05, 3.63) is 78.4 Å². The SMILES string of the molecule is COc1cccc(-n2cccc2[C@H]2[C@H](c3ccccn3)NC(=S)N2C[C@@H]2CCCO2)c1. The second-order valence-electron chi connectivity index (χ2n) is 7.92. The van der Waals surface area contributed by atoms with Gasteiger partial charge in [-0.25, -0.2) is 0 Å². The van der Waals surface area contributed by atoms with Crippen molar-refractivity contribution in [1.29, 1.82) is 0 Å². The van der Waals surface area contributed by atoms with Gasteiger partial charge >= 0.3 is 0 Å². The smallest absolute Gasteiger partial charge is 0.170 e. The highest BCUT2D eigenvalue weighted by Crippen LogP contribution is 2.40. The zero-order valence-electron chi connectivity index (χ0n) is 17.5. The molecule has 0 spiro atoms. The lowest BCUT2D eigenvalue weighted by Crippen LogP contribution is -2.36. The third-order valence-corrected chi connectivity index (χ3v) is 6.39. The summed E-state index contributed by atoms with van der Waals surface area (Å²) in [5.41, 5.74) is 3.17. The van der Waals surface area contributed by atoms with Crippen LogP contribution in [0.15, 0.2) is 67.0 Å². The Morgan fingerprint density at radius 3 is 2.90 bits per heavy atom. The molecule has 0 unspecified atom stereocenters. The predicted octanol–water partition coefficient (Wildman–Crippen LogP) is 4.03. The number of benzene rings is 1. The number of thiocarbonyl (C=S) groups is 1. The number of rotatable bonds is 6. The summed E-state index contributed by atoms with van der Waals surface area (Å²) in [6.45, 7) is 1.59. The third-order valence-electron chi connectivity index (χ3n) is 6.04. The number of hydrogen-bond donors (Lipinski definition) is 1. The van der Waals surface area contributed by atoms with Crippen LogP contribution in [0.1, 0.15) is 36.3 Å². The Bertz CT molecular complexity index is 1050. The summed E-state index contributed by atoms with van der Waals surface area (Å²) < 4.78 is 13.6. The molecular weight excluding hydrogens is 408 g/mol. The molecule has 2 aliphatic rings. The molecule has 0 aliphatic carbocycles. The Hall–Kier alpha value is -2.90. The van der Waals surface area contributed by atoms with Gasteiger partial charge < -0.3 is 24.3 Å². The number of pyridine rings is 1. The van der Waals surface area contributed by atoms with Gasteiger partial charge in [-0.2, -0.15) is 0 Å². The molecule has 0 saturated carbocycles. The molecule has 1 aromatic carbocycles. The first kappa shape index (κ1) is 20.0. The molecule has 0 amide bonds. The van der Waals surface area contributed by atoms with Crippen LogP contribution in [0.25, 0.3) is 5.69 Å². The van der Waals surface area contributed by atoms with E-state index in [0.29, 0.717) is 0 Å². The normalized spacial score (nSPS) is 23.2. The van der Waals surface area contributed by atoms with Crippen molar-refractivity contribution in [2.24, 2.45) is 0 Å². The maximum absolute atomic E-state index is 5.95. The fraction of sp³-hybridized carbons (Fsp3) is 0.333. The van der Waals surface area contributed by atoms with E-state index in [2.05, 4.69) is 50.2 Å². The highest BCUT2D eigenvalue weighted by Gasteiger charge is 2.42. The predicted molar refractivity (Wildman–Crippen MR) is 123 cm³/mol. The van der Waals surface area contributed by atoms with Crippen molar-refractivity contribution in [2.45, 2.75) is 31.0 Å². The number of nitrogens with one attached hydrogen (secondary N) is 1. The van der Waals surface area contributed by atoms with E-state index in [1.165, 1.54) is 0 Å². The lowest BCUT2D eigenvalue weighted by atomic mass is 10.0. The molecule has 1 N–H and O–H groups in total. The minimum atomic E-state index is -0.0469. The van der Waals surface area contributed by atoms with Gasteiger partial charge in [0.1, 0.15) is 5.75 Å². The zero-order chi connectivity index (χ0) is 21.2. The quantitative estimate of drug-likeness (QED) is 0.591. The number of hydrogen-bond acceptors (Lipinski definition) is 4. The average molecular weight is 435 g/mol. The second kappa shape index (κ2) is 8.69. The molecule has 2 saturated heterocycles. The van der Waals surface area contributed by atoms with Crippen LogP contribution < -0.4 is 10.1 Å². The molecule has 0 bridgehead atoms. The maximum Gasteiger partial charge on any atom is 0.170 e. The molecule has 160 valence electrons. The van der Waals surface area contributed by atoms with Crippen molar-refractivity contribution >= 4 is 17.3 Å². The fourth-order valence-corrected chi connectivity index (χ4v) is 4.88. The lowest BCUT2D eigenvalue weighted by Gasteiger charge is -2.30. The lowest BCUT2D eigenvalue weighted by molar-refractivity contribution is 0.0836. The highest BCUT2D eigenvalue weighted by molar-refractivity contribution is 7.80. The molecule has 7 heteroatoms. The van der Waals surface area contributed by atoms with Crippen LogP contribution in [0.2, 0.25) is 0 Å². The van der Waals surface area contributed by atoms with E-state index in [-0.39, 0.29) is 18.2 Å². The summed E-state index contributed by atoms with van der Waals surface area (Å²) in [7, 11) is 1.69. The van der Waals surface area contributed by atoms with Gasteiger partial charge in [0, 0.05) is 43.0 Å². The monoisotopic (exact) mass is 434 g/mol. The molecular formula is C24H26N4O2S. The van der Waals surface area contributed by atoms with Crippen LogP contribution in [0.4, 0.5) is 0 Å². The zero-order valence-corrected chi connectivity index (χ0v) is 18.3. The Kier molecular flexibility index (Phi) is 5.61. The molecule has 3 atom stereocenters. The van der Waals surface area contributed by atoms with Crippen LogP contribution in [-0.4, -0.2) is 45.9 Å². The number of aromatic nitrogens is 2. The van der Waals surface area contributed by atoms with Crippen molar-refractivity contribution in [1.82, 2.24) is 19.8 Å². The van der Waals surface area contributed by atoms with Gasteiger partial charge in [0.2, 0.25) is 0 Å². The van der Waals surface area contributed by atoms with Crippen molar-refractivity contribution in [2.75, 3.05) is 20.3 Å². The molecule has 2 aromatic heterocycles. The molecule has 3 aromatic rings. The van der Waals surface area contributed by atoms with Crippen LogP contribution in [0, 0.1) is 0 Å². The van der Waals surface area contributed by atoms with Crippen molar-refractivity contribution < 1.29 is 9.47 Å². The first-order valence-electron chi connectivity index (χ1n) is 10.7. The van der Waals surface area contributed by atoms with Gasteiger partial charge in [-0.3, -0.25) is 4.98 Å². The fourth-order valence-electron chi connectivity index (χ4n) is 4.56. The van der Waals surface area contributed by atoms with Crippen LogP contribution >= 0.6 is 12.2 Å². The van der Waals surface area contributed by atoms with Crippen LogP contribution in [0.5, 0.6) is 5.75 Å². The van der Waals surface area contributed by atoms with Gasteiger partial charge in [0.25, 0.3) is 0 Å². The van der Waals surface area contributed by atoms with Gasteiger partial charge in [-0.05, 0) is 61.5 Å². The molecule has 2 aliphatic heterocycles. The van der Waals surface area contributed by atoms with Gasteiger partial charge in [-0.1, -0.05) is 12.1 Å². The van der Waals surface area contributed by atoms with E-state index in [9.17, 15) is 0 Å². The van der Waals surface area contributed by atoms with E-state index in [1.807, 2.05) is 36.5 Å². The van der Waals surface area contributed by atoms with E-state index in [1.54, 1.807) is 7.11 Å². The van der Waals surface area contributed by atoms with E-state index < -0.39 is 0 Å². The average Bonchev–Trinajstić information content (AvgIpc) is 3.56. The Balaban J connectivity index is 1.57. The van der Waals surface area contributed by atoms with E-state index >= 15 is 0 Å². The summed E-state index contributed by atoms with van der Waals surface area (Å²) in [4.78, 5) is 6.92. The maximum atomic E-state index is 5.95. The van der Waals surface area contributed by atoms with Gasteiger partial charge in [0.15, 0.2) is 5.11 Å².